The summed E-state index contributed by atoms with van der Waals surface area (Å²) in [6.07, 6.45) is 16.5. The lowest BCUT2D eigenvalue weighted by atomic mass is 9.96. The van der Waals surface area contributed by atoms with Crippen molar-refractivity contribution in [3.8, 4) is 28.3 Å². The van der Waals surface area contributed by atoms with E-state index in [4.69, 9.17) is 10.3 Å². The first-order valence-electron chi connectivity index (χ1n) is 22.1. The van der Waals surface area contributed by atoms with Crippen LogP contribution < -0.4 is 0 Å². The maximum absolute atomic E-state index is 9.13. The molecule has 0 radical (unpaired) electrons. The van der Waals surface area contributed by atoms with Gasteiger partial charge < -0.3 is 0 Å². The number of nitriles is 1. The van der Waals surface area contributed by atoms with Crippen LogP contribution in [0.2, 0.25) is 0 Å². The van der Waals surface area contributed by atoms with Crippen LogP contribution in [0.5, 0.6) is 0 Å². The maximum Gasteiger partial charge on any atom is 0.0991 e. The highest BCUT2D eigenvalue weighted by atomic mass is 14.7. The topological polar surface area (TPSA) is 36.1 Å². The Labute approximate surface area is 374 Å². The van der Waals surface area contributed by atoms with E-state index in [1.54, 1.807) is 0 Å². The Hall–Kier alpha value is -6.82. The molecule has 0 saturated heterocycles. The Morgan fingerprint density at radius 1 is 0.597 bits per heavy atom. The molecule has 2 heteroatoms. The average Bonchev–Trinajstić information content (AvgIpc) is 3.35. The van der Waals surface area contributed by atoms with Gasteiger partial charge in [-0.1, -0.05) is 179 Å². The van der Waals surface area contributed by atoms with E-state index >= 15 is 0 Å². The van der Waals surface area contributed by atoms with Crippen LogP contribution in [0.1, 0.15) is 93.0 Å². The van der Waals surface area contributed by atoms with E-state index in [9.17, 15) is 0 Å². The van der Waals surface area contributed by atoms with Crippen LogP contribution in [-0.4, -0.2) is 6.21 Å². The highest BCUT2D eigenvalue weighted by Gasteiger charge is 2.08. The molecular formula is C60H66N2. The highest BCUT2D eigenvalue weighted by molar-refractivity contribution is 5.88. The van der Waals surface area contributed by atoms with E-state index in [0.717, 1.165) is 53.6 Å². The van der Waals surface area contributed by atoms with Gasteiger partial charge in [-0.25, -0.2) is 0 Å². The second-order valence-corrected chi connectivity index (χ2v) is 14.3. The third kappa shape index (κ3) is 15.7. The minimum atomic E-state index is 0.694. The zero-order valence-corrected chi connectivity index (χ0v) is 38.5. The number of hydrogen-bond acceptors (Lipinski definition) is 2. The Bertz CT molecular complexity index is 2460. The lowest BCUT2D eigenvalue weighted by Crippen LogP contribution is -1.93. The smallest absolute Gasteiger partial charge is 0.0991 e. The fourth-order valence-electron chi connectivity index (χ4n) is 6.80. The molecule has 0 heterocycles. The molecule has 0 aliphatic carbocycles. The zero-order chi connectivity index (χ0) is 45.1. The van der Waals surface area contributed by atoms with Crippen LogP contribution in [-0.2, 0) is 25.7 Å². The average molecular weight is 815 g/mol. The van der Waals surface area contributed by atoms with Crippen molar-refractivity contribution in [3.63, 3.8) is 0 Å². The molecule has 62 heavy (non-hydrogen) atoms. The van der Waals surface area contributed by atoms with Crippen molar-refractivity contribution in [2.45, 2.75) is 81.1 Å². The number of allylic oxidation sites excluding steroid dienone is 7. The van der Waals surface area contributed by atoms with Gasteiger partial charge in [0.1, 0.15) is 0 Å². The number of aliphatic imine (C=N–C) groups is 1. The number of hydrogen-bond donors (Lipinski definition) is 0. The van der Waals surface area contributed by atoms with Crippen molar-refractivity contribution in [1.29, 1.82) is 5.26 Å². The van der Waals surface area contributed by atoms with E-state index in [-0.39, 0.29) is 0 Å². The Morgan fingerprint density at radius 3 is 1.61 bits per heavy atom. The van der Waals surface area contributed by atoms with Gasteiger partial charge in [0.25, 0.3) is 0 Å². The van der Waals surface area contributed by atoms with Gasteiger partial charge in [0.05, 0.1) is 17.3 Å². The lowest BCUT2D eigenvalue weighted by Gasteiger charge is -2.11. The molecule has 6 aromatic carbocycles. The molecule has 0 N–H and O–H groups in total. The number of nitrogens with zero attached hydrogens (tertiary/aromatic N) is 2. The molecule has 0 aliphatic heterocycles. The van der Waals surface area contributed by atoms with Crippen LogP contribution >= 0.6 is 0 Å². The van der Waals surface area contributed by atoms with Crippen molar-refractivity contribution in [3.05, 3.63) is 245 Å². The number of benzene rings is 6. The van der Waals surface area contributed by atoms with Crippen LogP contribution in [0.3, 0.4) is 0 Å². The molecule has 0 saturated carbocycles. The van der Waals surface area contributed by atoms with Gasteiger partial charge in [-0.05, 0) is 145 Å². The normalized spacial score (nSPS) is 11.4. The van der Waals surface area contributed by atoms with Crippen molar-refractivity contribution in [2.75, 3.05) is 0 Å². The molecule has 6 aromatic rings. The lowest BCUT2D eigenvalue weighted by molar-refractivity contribution is 0.960. The Balaban J connectivity index is 0.00000163. The predicted octanol–water partition coefficient (Wildman–Crippen LogP) is 16.6. The Morgan fingerprint density at radius 2 is 1.08 bits per heavy atom. The van der Waals surface area contributed by atoms with Crippen molar-refractivity contribution >= 4 is 11.9 Å². The summed E-state index contributed by atoms with van der Waals surface area (Å²) in [6.45, 7) is 22.4. The van der Waals surface area contributed by atoms with Gasteiger partial charge in [0, 0.05) is 11.8 Å². The van der Waals surface area contributed by atoms with E-state index < -0.39 is 0 Å². The Kier molecular flexibility index (Phi) is 22.3. The van der Waals surface area contributed by atoms with Gasteiger partial charge in [-0.15, -0.1) is 13.2 Å². The molecule has 0 bridgehead atoms. The van der Waals surface area contributed by atoms with Crippen LogP contribution in [0, 0.1) is 18.3 Å². The van der Waals surface area contributed by atoms with Crippen LogP contribution in [0.4, 0.5) is 0 Å². The van der Waals surface area contributed by atoms with E-state index in [2.05, 4.69) is 204 Å². The molecule has 0 unspecified atom stereocenters. The fraction of sp³-hybridized carbons (Fsp3) is 0.200. The van der Waals surface area contributed by atoms with Crippen LogP contribution in [0.15, 0.2) is 205 Å². The van der Waals surface area contributed by atoms with Gasteiger partial charge >= 0.3 is 0 Å². The summed E-state index contributed by atoms with van der Waals surface area (Å²) in [4.78, 5) is 5.19. The molecule has 6 rings (SSSR count). The minimum Gasteiger partial charge on any atom is -0.256 e. The summed E-state index contributed by atoms with van der Waals surface area (Å²) in [7, 11) is 0. The van der Waals surface area contributed by atoms with Gasteiger partial charge in [0.2, 0.25) is 0 Å². The quantitative estimate of drug-likeness (QED) is 0.0613. The maximum atomic E-state index is 9.13. The summed E-state index contributed by atoms with van der Waals surface area (Å²) in [6, 6.07) is 54.0. The summed E-state index contributed by atoms with van der Waals surface area (Å²) in [5.41, 5.74) is 17.2. The largest absolute Gasteiger partial charge is 0.256 e. The summed E-state index contributed by atoms with van der Waals surface area (Å²) >= 11 is 0. The van der Waals surface area contributed by atoms with Crippen molar-refractivity contribution < 1.29 is 0 Å². The standard InChI is InChI=1S/C54H50N2.2C2H6.C2H4/c1-5-7-12-41(4)48(6-2)37-54(53-20-11-19-52(36-53)50-17-9-14-45(34-50)29-25-42-23-21-40(3)22-24-42)56-39-47-15-10-18-51(35-47)49-16-8-13-44(33-49)30-26-43-27-31-46(38-55)32-28-43;3*1-2/h5-24,27-28,31-37,39H,25-26,29-30H2,1-4H3;2*1-2H3;1-2H2/b7-5-,41-12+,48-6+,54-37-,56-39?;;;. The second-order valence-electron chi connectivity index (χ2n) is 14.3. The van der Waals surface area contributed by atoms with Gasteiger partial charge in [-0.3, -0.25) is 4.99 Å². The number of aryl methyl sites for hydroxylation is 5. The van der Waals surface area contributed by atoms with Gasteiger partial charge in [-0.2, -0.15) is 5.26 Å². The van der Waals surface area contributed by atoms with Crippen molar-refractivity contribution in [1.82, 2.24) is 0 Å². The molecule has 0 fully saturated rings. The molecular weight excluding hydrogens is 749 g/mol. The fourth-order valence-corrected chi connectivity index (χ4v) is 6.80. The van der Waals surface area contributed by atoms with E-state index in [1.807, 2.05) is 53.0 Å². The first-order valence-corrected chi connectivity index (χ1v) is 22.1. The minimum absolute atomic E-state index is 0.694. The SMILES string of the molecule is C=C.CC.CC.C\C=C/C=C(C)/C(/C=C(\N=Cc1cccc(-c2cccc(CCc3ccc(C#N)cc3)c2)c1)c1cccc(-c2cccc(CCc3ccc(C)cc3)c2)c1)=C/C. The molecule has 0 amide bonds. The molecule has 0 spiro atoms. The monoisotopic (exact) mass is 815 g/mol. The molecule has 0 aliphatic rings. The first kappa shape index (κ1) is 49.5. The molecule has 0 atom stereocenters. The third-order valence-corrected chi connectivity index (χ3v) is 10.1. The highest BCUT2D eigenvalue weighted by Crippen LogP contribution is 2.29. The molecule has 2 nitrogen and oxygen atoms in total. The summed E-state index contributed by atoms with van der Waals surface area (Å²) in [5.74, 6) is 0. The summed E-state index contributed by atoms with van der Waals surface area (Å²) < 4.78 is 0. The van der Waals surface area contributed by atoms with Gasteiger partial charge in [0.15, 0.2) is 0 Å². The third-order valence-electron chi connectivity index (χ3n) is 10.1. The summed E-state index contributed by atoms with van der Waals surface area (Å²) in [5, 5.41) is 9.13. The second kappa shape index (κ2) is 27.8. The first-order chi connectivity index (χ1) is 30.4. The molecule has 0 aromatic heterocycles. The number of rotatable bonds is 14. The van der Waals surface area contributed by atoms with E-state index in [0.29, 0.717) is 5.56 Å². The van der Waals surface area contributed by atoms with Crippen LogP contribution in [0.25, 0.3) is 28.0 Å². The van der Waals surface area contributed by atoms with Crippen molar-refractivity contribution in [2.24, 2.45) is 4.99 Å². The zero-order valence-electron chi connectivity index (χ0n) is 38.5. The molecule has 316 valence electrons. The predicted molar refractivity (Wildman–Crippen MR) is 273 cm³/mol. The van der Waals surface area contributed by atoms with E-state index in [1.165, 1.54) is 50.1 Å².